The number of carbonyl (C=O) groups is 6. The summed E-state index contributed by atoms with van der Waals surface area (Å²) in [5.41, 5.74) is 5.12. The Hall–Kier alpha value is -6.00. The highest BCUT2D eigenvalue weighted by Gasteiger charge is 2.56. The number of hydrogen-bond acceptors (Lipinski definition) is 14. The van der Waals surface area contributed by atoms with Gasteiger partial charge in [-0.15, -0.1) is 0 Å². The number of rotatable bonds is 14. The summed E-state index contributed by atoms with van der Waals surface area (Å²) < 4.78 is 38.4. The number of esters is 4. The maximum Gasteiger partial charge on any atom is 0.407 e. The van der Waals surface area contributed by atoms with E-state index in [4.69, 9.17) is 33.2 Å². The van der Waals surface area contributed by atoms with Crippen molar-refractivity contribution in [3.63, 3.8) is 0 Å². The molecule has 1 aliphatic carbocycles. The van der Waals surface area contributed by atoms with E-state index in [9.17, 15) is 33.9 Å². The van der Waals surface area contributed by atoms with E-state index in [2.05, 4.69) is 10.6 Å². The van der Waals surface area contributed by atoms with Gasteiger partial charge in [0.05, 0.1) is 13.7 Å². The Balaban J connectivity index is 1.22. The van der Waals surface area contributed by atoms with Crippen LogP contribution in [0.25, 0.3) is 11.1 Å². The Morgan fingerprint density at radius 1 is 0.764 bits per heavy atom. The first-order valence-corrected chi connectivity index (χ1v) is 17.4. The van der Waals surface area contributed by atoms with Gasteiger partial charge in [-0.1, -0.05) is 54.6 Å². The molecule has 1 heterocycles. The number of methoxy groups -OCH3 is 1. The normalized spacial score (nSPS) is 19.8. The molecular formula is C39H42N2O14. The third-order valence-electron chi connectivity index (χ3n) is 8.83. The molecule has 3 aromatic carbocycles. The molecule has 0 radical (unpaired) electrons. The molecule has 16 heteroatoms. The molecule has 3 aromatic rings. The Morgan fingerprint density at radius 2 is 1.36 bits per heavy atom. The maximum atomic E-state index is 12.9. The fourth-order valence-corrected chi connectivity index (χ4v) is 6.49. The minimum atomic E-state index is -1.68. The second kappa shape index (κ2) is 18.4. The summed E-state index contributed by atoms with van der Waals surface area (Å²) in [7, 11) is 1.06. The van der Waals surface area contributed by atoms with Crippen LogP contribution in [0.2, 0.25) is 0 Å². The fourth-order valence-electron chi connectivity index (χ4n) is 6.49. The fraction of sp³-hybridized carbons (Fsp3) is 0.385. The van der Waals surface area contributed by atoms with Crippen molar-refractivity contribution in [3.8, 4) is 16.9 Å². The predicted octanol–water partition coefficient (Wildman–Crippen LogP) is 2.80. The molecule has 55 heavy (non-hydrogen) atoms. The lowest BCUT2D eigenvalue weighted by Gasteiger charge is -2.43. The first-order chi connectivity index (χ1) is 26.4. The molecule has 292 valence electrons. The SMILES string of the molecule is COC(=O)[C@H]1O[C@@H](Oc2ccc(CO)cc2CNC(=O)CCNC(=O)OCC2c3ccccc3-c3ccccc32)[C@H](OC(C)=O)[C@@H](OC(C)=O)[C@@H]1OC(C)=O. The van der Waals surface area contributed by atoms with Gasteiger partial charge in [0.1, 0.15) is 12.4 Å². The molecule has 0 aromatic heterocycles. The van der Waals surface area contributed by atoms with Crippen LogP contribution >= 0.6 is 0 Å². The Kier molecular flexibility index (Phi) is 13.4. The minimum absolute atomic E-state index is 0.0293. The van der Waals surface area contributed by atoms with Crippen LogP contribution in [0.5, 0.6) is 5.75 Å². The van der Waals surface area contributed by atoms with Gasteiger partial charge in [-0.05, 0) is 39.9 Å². The molecule has 1 saturated heterocycles. The molecule has 3 N–H and O–H groups in total. The molecule has 1 fully saturated rings. The quantitative estimate of drug-likeness (QED) is 0.159. The van der Waals surface area contributed by atoms with Crippen molar-refractivity contribution in [2.24, 2.45) is 0 Å². The van der Waals surface area contributed by atoms with Gasteiger partial charge in [-0.2, -0.15) is 0 Å². The first kappa shape index (κ1) is 40.2. The van der Waals surface area contributed by atoms with Crippen molar-refractivity contribution in [3.05, 3.63) is 89.0 Å². The molecule has 0 unspecified atom stereocenters. The van der Waals surface area contributed by atoms with Gasteiger partial charge in [-0.3, -0.25) is 19.2 Å². The smallest absolute Gasteiger partial charge is 0.407 e. The third-order valence-corrected chi connectivity index (χ3v) is 8.83. The van der Waals surface area contributed by atoms with Crippen molar-refractivity contribution in [1.29, 1.82) is 0 Å². The molecule has 2 aliphatic rings. The van der Waals surface area contributed by atoms with Crippen LogP contribution < -0.4 is 15.4 Å². The van der Waals surface area contributed by atoms with E-state index in [0.29, 0.717) is 11.1 Å². The van der Waals surface area contributed by atoms with Crippen LogP contribution in [0.15, 0.2) is 66.7 Å². The summed E-state index contributed by atoms with van der Waals surface area (Å²) in [4.78, 5) is 74.6. The van der Waals surface area contributed by atoms with Crippen molar-refractivity contribution in [1.82, 2.24) is 10.6 Å². The average molecular weight is 763 g/mol. The summed E-state index contributed by atoms with van der Waals surface area (Å²) in [6.07, 6.45) is -8.82. The largest absolute Gasteiger partial charge is 0.467 e. The Labute approximate surface area is 316 Å². The lowest BCUT2D eigenvalue weighted by atomic mass is 9.97. The number of fused-ring (bicyclic) bond motifs is 3. The number of aliphatic hydroxyl groups excluding tert-OH is 1. The van der Waals surface area contributed by atoms with Gasteiger partial charge in [-0.25, -0.2) is 9.59 Å². The van der Waals surface area contributed by atoms with E-state index in [1.807, 2.05) is 48.5 Å². The number of aliphatic hydroxyl groups is 1. The van der Waals surface area contributed by atoms with Crippen molar-refractivity contribution >= 4 is 35.9 Å². The van der Waals surface area contributed by atoms with Gasteiger partial charge < -0.3 is 48.9 Å². The van der Waals surface area contributed by atoms with Crippen LogP contribution in [-0.2, 0) is 65.5 Å². The lowest BCUT2D eigenvalue weighted by molar-refractivity contribution is -0.282. The average Bonchev–Trinajstić information content (AvgIpc) is 3.48. The van der Waals surface area contributed by atoms with Crippen molar-refractivity contribution < 1.29 is 67.0 Å². The topological polar surface area (TPSA) is 211 Å². The standard InChI is InChI=1S/C39H42N2O14/c1-21(43)51-33-34(52-22(2)44)36(53-23(3)45)38(55-35(33)37(47)49-4)54-31-14-13-24(19-42)17-25(31)18-41-32(46)15-16-40-39(48)50-20-30-28-11-7-5-9-26(28)27-10-6-8-12-29(27)30/h5-14,17,30,33-36,38,42H,15-16,18-20H2,1-4H3,(H,40,48)(H,41,46)/t33-,34-,35-,36+,38+/m0/s1. The molecule has 0 spiro atoms. The number of benzene rings is 3. The predicted molar refractivity (Wildman–Crippen MR) is 190 cm³/mol. The first-order valence-electron chi connectivity index (χ1n) is 17.4. The lowest BCUT2D eigenvalue weighted by Crippen LogP contribution is -2.64. The third kappa shape index (κ3) is 9.96. The number of amides is 2. The summed E-state index contributed by atoms with van der Waals surface area (Å²) in [5.74, 6) is -4.06. The number of nitrogens with one attached hydrogen (secondary N) is 2. The zero-order valence-corrected chi connectivity index (χ0v) is 30.6. The van der Waals surface area contributed by atoms with E-state index in [-0.39, 0.29) is 44.4 Å². The number of alkyl carbamates (subject to hydrolysis) is 1. The minimum Gasteiger partial charge on any atom is -0.467 e. The molecule has 0 bridgehead atoms. The van der Waals surface area contributed by atoms with Gasteiger partial charge in [0.15, 0.2) is 18.3 Å². The van der Waals surface area contributed by atoms with Gasteiger partial charge in [0, 0.05) is 51.8 Å². The van der Waals surface area contributed by atoms with Crippen LogP contribution in [0.4, 0.5) is 4.79 Å². The zero-order valence-electron chi connectivity index (χ0n) is 30.6. The van der Waals surface area contributed by atoms with Gasteiger partial charge in [0.25, 0.3) is 0 Å². The highest BCUT2D eigenvalue weighted by molar-refractivity contribution is 5.80. The van der Waals surface area contributed by atoms with Crippen molar-refractivity contribution in [2.75, 3.05) is 20.3 Å². The second-order valence-electron chi connectivity index (χ2n) is 12.7. The molecule has 2 amide bonds. The van der Waals surface area contributed by atoms with Crippen LogP contribution in [0.3, 0.4) is 0 Å². The number of carbonyl (C=O) groups excluding carboxylic acids is 6. The number of ether oxygens (including phenoxy) is 7. The molecule has 5 atom stereocenters. The summed E-state index contributed by atoms with van der Waals surface area (Å²) >= 11 is 0. The zero-order chi connectivity index (χ0) is 39.6. The van der Waals surface area contributed by atoms with E-state index in [1.54, 1.807) is 0 Å². The highest BCUT2D eigenvalue weighted by atomic mass is 16.7. The molecule has 0 saturated carbocycles. The van der Waals surface area contributed by atoms with E-state index >= 15 is 0 Å². The monoisotopic (exact) mass is 762 g/mol. The Bertz CT molecular complexity index is 1870. The molecule has 16 nitrogen and oxygen atoms in total. The summed E-state index contributed by atoms with van der Waals surface area (Å²) in [6.45, 7) is 2.80. The Morgan fingerprint density at radius 3 is 1.96 bits per heavy atom. The van der Waals surface area contributed by atoms with Crippen LogP contribution in [0, 0.1) is 0 Å². The molecule has 1 aliphatic heterocycles. The van der Waals surface area contributed by atoms with Gasteiger partial charge >= 0.3 is 30.0 Å². The van der Waals surface area contributed by atoms with E-state index < -0.39 is 66.6 Å². The highest BCUT2D eigenvalue weighted by Crippen LogP contribution is 2.44. The van der Waals surface area contributed by atoms with E-state index in [1.165, 1.54) is 18.2 Å². The molecule has 5 rings (SSSR count). The molecular weight excluding hydrogens is 720 g/mol. The number of hydrogen-bond donors (Lipinski definition) is 3. The van der Waals surface area contributed by atoms with Crippen molar-refractivity contribution in [2.45, 2.75) is 77.0 Å². The van der Waals surface area contributed by atoms with Crippen LogP contribution in [-0.4, -0.2) is 92.0 Å². The van der Waals surface area contributed by atoms with Gasteiger partial charge in [0.2, 0.25) is 18.3 Å². The van der Waals surface area contributed by atoms with E-state index in [0.717, 1.165) is 50.1 Å². The summed E-state index contributed by atoms with van der Waals surface area (Å²) in [6, 6.07) is 20.4. The maximum absolute atomic E-state index is 12.9. The summed E-state index contributed by atoms with van der Waals surface area (Å²) in [5, 5.41) is 15.1. The second-order valence-corrected chi connectivity index (χ2v) is 12.7. The van der Waals surface area contributed by atoms with Crippen LogP contribution in [0.1, 0.15) is 55.4 Å².